The topological polar surface area (TPSA) is 74.2 Å². The summed E-state index contributed by atoms with van der Waals surface area (Å²) in [6, 6.07) is 21.2. The molecule has 172 valence electrons. The first-order valence-electron chi connectivity index (χ1n) is 11.0. The number of rotatable bonds is 5. The minimum atomic E-state index is -0.223. The van der Waals surface area contributed by atoms with Gasteiger partial charge in [0, 0.05) is 51.6 Å². The summed E-state index contributed by atoms with van der Waals surface area (Å²) in [5.41, 5.74) is 3.85. The number of benzene rings is 3. The number of pyridine rings is 1. The van der Waals surface area contributed by atoms with Crippen molar-refractivity contribution < 1.29 is 4.79 Å². The van der Waals surface area contributed by atoms with E-state index in [2.05, 4.69) is 48.2 Å². The van der Waals surface area contributed by atoms with Crippen LogP contribution < -0.4 is 16.0 Å². The number of para-hydroxylation sites is 1. The van der Waals surface area contributed by atoms with Gasteiger partial charge in [0.25, 0.3) is 0 Å². The summed E-state index contributed by atoms with van der Waals surface area (Å²) >= 11 is 9.98. The lowest BCUT2D eigenvalue weighted by molar-refractivity contribution is 0.252. The van der Waals surface area contributed by atoms with Gasteiger partial charge in [-0.25, -0.2) is 4.79 Å². The Balaban J connectivity index is 1.46. The monoisotopic (exact) mass is 535 g/mol. The summed E-state index contributed by atoms with van der Waals surface area (Å²) in [5.74, 6) is 0. The van der Waals surface area contributed by atoms with Crippen LogP contribution >= 0.6 is 27.5 Å². The largest absolute Gasteiger partial charge is 0.341 e. The number of carbonyl (C=O) groups excluding carboxylic acids is 1. The number of anilines is 1. The first-order valence-corrected chi connectivity index (χ1v) is 12.2. The molecule has 0 aliphatic carbocycles. The maximum atomic E-state index is 12.1. The summed E-state index contributed by atoms with van der Waals surface area (Å²) < 4.78 is 3.15. The van der Waals surface area contributed by atoms with E-state index in [4.69, 9.17) is 16.6 Å². The molecule has 5 aromatic rings. The van der Waals surface area contributed by atoms with Crippen LogP contribution in [0.5, 0.6) is 0 Å². The molecule has 2 amide bonds. The number of amides is 2. The zero-order valence-electron chi connectivity index (χ0n) is 18.5. The number of aromatic nitrogens is 2. The highest BCUT2D eigenvalue weighted by molar-refractivity contribution is 9.10. The number of nitrogens with one attached hydrogen (secondary N) is 3. The van der Waals surface area contributed by atoms with Crippen molar-refractivity contribution in [2.75, 3.05) is 18.4 Å². The molecule has 3 N–H and O–H groups in total. The Hall–Kier alpha value is -3.29. The number of H-pyrrole nitrogens is 1. The van der Waals surface area contributed by atoms with Crippen LogP contribution in [0.25, 0.3) is 32.8 Å². The first-order chi connectivity index (χ1) is 16.5. The second-order valence-corrected chi connectivity index (χ2v) is 9.44. The zero-order valence-corrected chi connectivity index (χ0v) is 20.9. The number of hydrogen-bond donors (Lipinski definition) is 3. The Morgan fingerprint density at radius 2 is 1.91 bits per heavy atom. The van der Waals surface area contributed by atoms with Crippen molar-refractivity contribution in [1.29, 1.82) is 0 Å². The lowest BCUT2D eigenvalue weighted by atomic mass is 10.1. The van der Waals surface area contributed by atoms with E-state index in [1.54, 1.807) is 0 Å². The third-order valence-corrected chi connectivity index (χ3v) is 6.54. The van der Waals surface area contributed by atoms with Crippen molar-refractivity contribution in [3.8, 4) is 0 Å². The van der Waals surface area contributed by atoms with E-state index in [0.717, 1.165) is 48.4 Å². The molecule has 0 radical (unpaired) electrons. The van der Waals surface area contributed by atoms with Crippen molar-refractivity contribution in [1.82, 2.24) is 14.9 Å². The number of aromatic amines is 1. The van der Waals surface area contributed by atoms with Gasteiger partial charge in [-0.05, 0) is 55.0 Å². The molecule has 0 aliphatic rings. The molecular formula is C26H23BrClN5O. The van der Waals surface area contributed by atoms with Gasteiger partial charge in [-0.15, -0.1) is 0 Å². The molecule has 2 aromatic heterocycles. The number of halogens is 2. The smallest absolute Gasteiger partial charge is 0.319 e. The minimum Gasteiger partial charge on any atom is -0.341 e. The maximum absolute atomic E-state index is 12.1. The van der Waals surface area contributed by atoms with Crippen molar-refractivity contribution in [3.63, 3.8) is 0 Å². The van der Waals surface area contributed by atoms with Crippen molar-refractivity contribution >= 4 is 72.1 Å². The fourth-order valence-corrected chi connectivity index (χ4v) is 4.75. The zero-order chi connectivity index (χ0) is 23.7. The summed E-state index contributed by atoms with van der Waals surface area (Å²) in [6.07, 6.45) is 0.707. The van der Waals surface area contributed by atoms with Crippen LogP contribution in [0.15, 0.2) is 76.2 Å². The molecular weight excluding hydrogens is 514 g/mol. The van der Waals surface area contributed by atoms with Gasteiger partial charge < -0.3 is 20.2 Å². The molecule has 0 aliphatic heterocycles. The van der Waals surface area contributed by atoms with E-state index >= 15 is 0 Å². The van der Waals surface area contributed by atoms with Gasteiger partial charge in [-0.2, -0.15) is 0 Å². The fraction of sp³-hybridized carbons (Fsp3) is 0.154. The lowest BCUT2D eigenvalue weighted by Gasteiger charge is -2.10. The average Bonchev–Trinajstić information content (AvgIpc) is 3.20. The number of aryl methyl sites for hydroxylation is 1. The third kappa shape index (κ3) is 4.41. The Kier molecular flexibility index (Phi) is 6.30. The van der Waals surface area contributed by atoms with Crippen LogP contribution in [-0.2, 0) is 7.05 Å². The van der Waals surface area contributed by atoms with Crippen LogP contribution in [0, 0.1) is 0 Å². The van der Waals surface area contributed by atoms with Gasteiger partial charge in [-0.3, -0.25) is 4.99 Å². The fourth-order valence-electron chi connectivity index (χ4n) is 4.22. The van der Waals surface area contributed by atoms with E-state index in [-0.39, 0.29) is 6.03 Å². The standard InChI is InChI=1S/C26H23BrClN5O/c1-33-22-11-9-17(28)15-20(22)24(23-19-14-16(27)8-10-21(19)32-25(23)33)29-12-5-13-30-26(34)31-18-6-3-2-4-7-18/h2-4,6-11,14-15,32H,5,12-13H2,1H3,(H2,30,31,34). The van der Waals surface area contributed by atoms with Gasteiger partial charge in [0.05, 0.1) is 16.3 Å². The van der Waals surface area contributed by atoms with Crippen LogP contribution in [0.3, 0.4) is 0 Å². The van der Waals surface area contributed by atoms with Gasteiger partial charge in [0.1, 0.15) is 5.65 Å². The molecule has 0 bridgehead atoms. The summed E-state index contributed by atoms with van der Waals surface area (Å²) in [5, 5.41) is 10.5. The van der Waals surface area contributed by atoms with Gasteiger partial charge in [0.15, 0.2) is 0 Å². The second kappa shape index (κ2) is 9.52. The molecule has 8 heteroatoms. The predicted octanol–water partition coefficient (Wildman–Crippen LogP) is 6.34. The van der Waals surface area contributed by atoms with E-state index in [1.165, 1.54) is 0 Å². The molecule has 5 rings (SSSR count). The summed E-state index contributed by atoms with van der Waals surface area (Å²) in [4.78, 5) is 20.7. The van der Waals surface area contributed by atoms with Crippen molar-refractivity contribution in [2.45, 2.75) is 6.42 Å². The molecule has 0 atom stereocenters. The lowest BCUT2D eigenvalue weighted by Crippen LogP contribution is -2.29. The van der Waals surface area contributed by atoms with E-state index in [9.17, 15) is 4.79 Å². The van der Waals surface area contributed by atoms with Gasteiger partial charge >= 0.3 is 6.03 Å². The van der Waals surface area contributed by atoms with Crippen molar-refractivity contribution in [3.05, 3.63) is 81.6 Å². The van der Waals surface area contributed by atoms with Crippen LogP contribution in [-0.4, -0.2) is 28.7 Å². The Bertz CT molecular complexity index is 1590. The Morgan fingerprint density at radius 3 is 2.74 bits per heavy atom. The third-order valence-electron chi connectivity index (χ3n) is 5.81. The molecule has 3 aromatic carbocycles. The minimum absolute atomic E-state index is 0.223. The highest BCUT2D eigenvalue weighted by Crippen LogP contribution is 2.29. The molecule has 2 heterocycles. The van der Waals surface area contributed by atoms with Gasteiger partial charge in [0.2, 0.25) is 0 Å². The van der Waals surface area contributed by atoms with E-state index in [1.807, 2.05) is 61.6 Å². The molecule has 34 heavy (non-hydrogen) atoms. The number of carbonyl (C=O) groups is 1. The first kappa shape index (κ1) is 22.5. The number of hydrogen-bond acceptors (Lipinski definition) is 2. The molecule has 0 spiro atoms. The normalized spacial score (nSPS) is 12.0. The number of nitrogens with zero attached hydrogens (tertiary/aromatic N) is 2. The van der Waals surface area contributed by atoms with Crippen LogP contribution in [0.1, 0.15) is 6.42 Å². The van der Waals surface area contributed by atoms with Crippen molar-refractivity contribution in [2.24, 2.45) is 12.0 Å². The quantitative estimate of drug-likeness (QED) is 0.225. The average molecular weight is 537 g/mol. The molecule has 6 nitrogen and oxygen atoms in total. The molecule has 0 saturated heterocycles. The van der Waals surface area contributed by atoms with Crippen LogP contribution in [0.2, 0.25) is 5.02 Å². The molecule has 0 unspecified atom stereocenters. The number of fused-ring (bicyclic) bond motifs is 4. The van der Waals surface area contributed by atoms with Gasteiger partial charge in [-0.1, -0.05) is 45.7 Å². The Morgan fingerprint density at radius 1 is 1.09 bits per heavy atom. The second-order valence-electron chi connectivity index (χ2n) is 8.09. The molecule has 0 fully saturated rings. The summed E-state index contributed by atoms with van der Waals surface area (Å²) in [7, 11) is 2.04. The highest BCUT2D eigenvalue weighted by atomic mass is 79.9. The van der Waals surface area contributed by atoms with E-state index < -0.39 is 0 Å². The molecule has 0 saturated carbocycles. The SMILES string of the molecule is Cn1c2ccc(Cl)cc2c(=NCCCNC(=O)Nc2ccccc2)c2c3cc(Br)ccc3[nH]c21. The summed E-state index contributed by atoms with van der Waals surface area (Å²) in [6.45, 7) is 1.08. The predicted molar refractivity (Wildman–Crippen MR) is 144 cm³/mol. The van der Waals surface area contributed by atoms with Crippen LogP contribution in [0.4, 0.5) is 10.5 Å². The Labute approximate surface area is 209 Å². The number of urea groups is 1. The maximum Gasteiger partial charge on any atom is 0.319 e. The van der Waals surface area contributed by atoms with E-state index in [0.29, 0.717) is 24.5 Å². The highest BCUT2D eigenvalue weighted by Gasteiger charge is 2.14.